The van der Waals surface area contributed by atoms with Crippen molar-refractivity contribution in [3.63, 3.8) is 0 Å². The first-order valence-electron chi connectivity index (χ1n) is 7.65. The number of nitrogens with one attached hydrogen (secondary N) is 2. The number of pyridine rings is 2. The lowest BCUT2D eigenvalue weighted by Crippen LogP contribution is -2.31. The number of nitrogens with zero attached hydrogens (tertiary/aromatic N) is 2. The van der Waals surface area contributed by atoms with E-state index in [1.807, 2.05) is 31.2 Å². The van der Waals surface area contributed by atoms with Gasteiger partial charge >= 0.3 is 0 Å². The Kier molecular flexibility index (Phi) is 3.22. The van der Waals surface area contributed by atoms with Gasteiger partial charge in [0.15, 0.2) is 0 Å². The molecule has 0 fully saturated rings. The Hall–Kier alpha value is -2.89. The van der Waals surface area contributed by atoms with Crippen LogP contribution in [-0.4, -0.2) is 34.0 Å². The molecule has 116 valence electrons. The second-order valence-corrected chi connectivity index (χ2v) is 5.39. The van der Waals surface area contributed by atoms with Crippen molar-refractivity contribution in [3.05, 3.63) is 41.7 Å². The van der Waals surface area contributed by atoms with Crippen LogP contribution in [0.5, 0.6) is 5.88 Å². The molecule has 0 aliphatic carbocycles. The van der Waals surface area contributed by atoms with Crippen LogP contribution in [0.3, 0.4) is 0 Å². The number of ether oxygens (including phenoxy) is 1. The highest BCUT2D eigenvalue weighted by atomic mass is 16.5. The highest BCUT2D eigenvalue weighted by Gasteiger charge is 2.21. The quantitative estimate of drug-likeness (QED) is 0.778. The molecule has 1 aliphatic rings. The molecular weight excluding hydrogens is 292 g/mol. The Morgan fingerprint density at radius 2 is 2.17 bits per heavy atom. The second kappa shape index (κ2) is 5.39. The zero-order chi connectivity index (χ0) is 15.8. The van der Waals surface area contributed by atoms with Crippen molar-refractivity contribution in [1.29, 1.82) is 0 Å². The average molecular weight is 308 g/mol. The monoisotopic (exact) mass is 308 g/mol. The van der Waals surface area contributed by atoms with Crippen LogP contribution in [-0.2, 0) is 6.42 Å². The number of hydrogen-bond donors (Lipinski definition) is 2. The number of aromatic nitrogens is 3. The van der Waals surface area contributed by atoms with Crippen molar-refractivity contribution in [2.24, 2.45) is 0 Å². The molecular formula is C17H16N4O2. The van der Waals surface area contributed by atoms with E-state index in [4.69, 9.17) is 4.74 Å². The molecule has 0 unspecified atom stereocenters. The van der Waals surface area contributed by atoms with E-state index < -0.39 is 0 Å². The fourth-order valence-electron chi connectivity index (χ4n) is 2.89. The van der Waals surface area contributed by atoms with E-state index in [0.717, 1.165) is 34.4 Å². The first-order chi connectivity index (χ1) is 11.3. The van der Waals surface area contributed by atoms with E-state index in [2.05, 4.69) is 20.3 Å². The van der Waals surface area contributed by atoms with Gasteiger partial charge in [-0.15, -0.1) is 0 Å². The third kappa shape index (κ3) is 2.32. The van der Waals surface area contributed by atoms with Gasteiger partial charge in [0.1, 0.15) is 5.52 Å². The van der Waals surface area contributed by atoms with Gasteiger partial charge in [-0.3, -0.25) is 9.78 Å². The Labute approximate surface area is 132 Å². The number of H-pyrrole nitrogens is 1. The lowest BCUT2D eigenvalue weighted by molar-refractivity contribution is 0.0946. The fraction of sp³-hybridized carbons (Fsp3) is 0.235. The first-order valence-corrected chi connectivity index (χ1v) is 7.65. The third-order valence-electron chi connectivity index (χ3n) is 3.95. The summed E-state index contributed by atoms with van der Waals surface area (Å²) in [4.78, 5) is 24.2. The van der Waals surface area contributed by atoms with Crippen LogP contribution in [0.15, 0.2) is 30.5 Å². The van der Waals surface area contributed by atoms with Crippen LogP contribution in [0.2, 0.25) is 0 Å². The third-order valence-corrected chi connectivity index (χ3v) is 3.95. The van der Waals surface area contributed by atoms with Crippen LogP contribution in [0.1, 0.15) is 23.0 Å². The molecule has 0 atom stereocenters. The number of amides is 1. The summed E-state index contributed by atoms with van der Waals surface area (Å²) in [5.74, 6) is 0.540. The minimum atomic E-state index is -0.0323. The Bertz CT molecular complexity index is 901. The maximum Gasteiger partial charge on any atom is 0.253 e. The molecule has 1 amide bonds. The Balaban J connectivity index is 1.88. The highest BCUT2D eigenvalue weighted by Crippen LogP contribution is 2.29. The molecule has 0 saturated heterocycles. The molecule has 0 aromatic carbocycles. The predicted octanol–water partition coefficient (Wildman–Crippen LogP) is 2.31. The molecule has 3 aromatic rings. The van der Waals surface area contributed by atoms with E-state index in [-0.39, 0.29) is 5.91 Å². The number of rotatable bonds is 3. The first kappa shape index (κ1) is 13.8. The molecule has 3 aromatic heterocycles. The maximum absolute atomic E-state index is 12.0. The molecule has 0 bridgehead atoms. The molecule has 6 heteroatoms. The average Bonchev–Trinajstić information content (AvgIpc) is 3.00. The smallest absolute Gasteiger partial charge is 0.253 e. The molecule has 23 heavy (non-hydrogen) atoms. The summed E-state index contributed by atoms with van der Waals surface area (Å²) in [6.45, 7) is 3.15. The van der Waals surface area contributed by atoms with Gasteiger partial charge in [0.2, 0.25) is 5.88 Å². The van der Waals surface area contributed by atoms with Crippen molar-refractivity contribution in [3.8, 4) is 17.1 Å². The standard InChI is InChI=1S/C17H16N4O2/c1-2-23-15-4-3-13-16(21-15)10(5-7-18-13)14-9-11-12(20-14)6-8-19-17(11)22/h3-5,7,9,20H,2,6,8H2,1H3,(H,19,22). The van der Waals surface area contributed by atoms with Gasteiger partial charge in [0, 0.05) is 42.2 Å². The second-order valence-electron chi connectivity index (χ2n) is 5.39. The maximum atomic E-state index is 12.0. The largest absolute Gasteiger partial charge is 0.478 e. The van der Waals surface area contributed by atoms with Crippen molar-refractivity contribution < 1.29 is 9.53 Å². The summed E-state index contributed by atoms with van der Waals surface area (Å²) in [5.41, 5.74) is 5.02. The summed E-state index contributed by atoms with van der Waals surface area (Å²) >= 11 is 0. The number of fused-ring (bicyclic) bond motifs is 2. The van der Waals surface area contributed by atoms with Gasteiger partial charge in [0.05, 0.1) is 17.7 Å². The predicted molar refractivity (Wildman–Crippen MR) is 86.5 cm³/mol. The van der Waals surface area contributed by atoms with E-state index in [0.29, 0.717) is 24.6 Å². The molecule has 0 radical (unpaired) electrons. The number of carbonyl (C=O) groups is 1. The van der Waals surface area contributed by atoms with Crippen LogP contribution in [0, 0.1) is 0 Å². The summed E-state index contributed by atoms with van der Waals surface area (Å²) in [7, 11) is 0. The van der Waals surface area contributed by atoms with Crippen LogP contribution >= 0.6 is 0 Å². The van der Waals surface area contributed by atoms with E-state index >= 15 is 0 Å². The molecule has 4 heterocycles. The van der Waals surface area contributed by atoms with Crippen LogP contribution in [0.4, 0.5) is 0 Å². The van der Waals surface area contributed by atoms with Crippen molar-refractivity contribution in [1.82, 2.24) is 20.3 Å². The zero-order valence-corrected chi connectivity index (χ0v) is 12.7. The SMILES string of the molecule is CCOc1ccc2nccc(-c3cc4c([nH]3)CCNC4=O)c2n1. The van der Waals surface area contributed by atoms with Gasteiger partial charge in [-0.2, -0.15) is 0 Å². The zero-order valence-electron chi connectivity index (χ0n) is 12.7. The molecule has 1 aliphatic heterocycles. The van der Waals surface area contributed by atoms with E-state index in [1.165, 1.54) is 0 Å². The van der Waals surface area contributed by atoms with Gasteiger partial charge in [0.25, 0.3) is 5.91 Å². The summed E-state index contributed by atoms with van der Waals surface area (Å²) < 4.78 is 5.49. The highest BCUT2D eigenvalue weighted by molar-refractivity contribution is 5.99. The van der Waals surface area contributed by atoms with Gasteiger partial charge in [-0.25, -0.2) is 4.98 Å². The van der Waals surface area contributed by atoms with Gasteiger partial charge in [-0.05, 0) is 25.1 Å². The van der Waals surface area contributed by atoms with E-state index in [1.54, 1.807) is 6.20 Å². The minimum Gasteiger partial charge on any atom is -0.478 e. The minimum absolute atomic E-state index is 0.0323. The molecule has 0 spiro atoms. The molecule has 2 N–H and O–H groups in total. The van der Waals surface area contributed by atoms with Crippen LogP contribution < -0.4 is 10.1 Å². The van der Waals surface area contributed by atoms with Gasteiger partial charge < -0.3 is 15.0 Å². The Morgan fingerprint density at radius 1 is 1.26 bits per heavy atom. The summed E-state index contributed by atoms with van der Waals surface area (Å²) in [6, 6.07) is 7.50. The summed E-state index contributed by atoms with van der Waals surface area (Å²) in [5, 5.41) is 2.86. The van der Waals surface area contributed by atoms with Crippen molar-refractivity contribution in [2.45, 2.75) is 13.3 Å². The lowest BCUT2D eigenvalue weighted by atomic mass is 10.1. The Morgan fingerprint density at radius 3 is 3.00 bits per heavy atom. The number of aromatic amines is 1. The molecule has 4 rings (SSSR count). The van der Waals surface area contributed by atoms with Gasteiger partial charge in [-0.1, -0.05) is 0 Å². The van der Waals surface area contributed by atoms with Crippen LogP contribution in [0.25, 0.3) is 22.3 Å². The number of carbonyl (C=O) groups excluding carboxylic acids is 1. The topological polar surface area (TPSA) is 79.9 Å². The fourth-order valence-corrected chi connectivity index (χ4v) is 2.89. The molecule has 0 saturated carbocycles. The number of hydrogen-bond acceptors (Lipinski definition) is 4. The lowest BCUT2D eigenvalue weighted by Gasteiger charge is -2.11. The normalized spacial score (nSPS) is 13.7. The van der Waals surface area contributed by atoms with Crippen molar-refractivity contribution >= 4 is 16.9 Å². The molecule has 6 nitrogen and oxygen atoms in total. The van der Waals surface area contributed by atoms with Crippen molar-refractivity contribution in [2.75, 3.05) is 13.2 Å². The summed E-state index contributed by atoms with van der Waals surface area (Å²) in [6.07, 6.45) is 2.56. The van der Waals surface area contributed by atoms with E-state index in [9.17, 15) is 4.79 Å².